The van der Waals surface area contributed by atoms with Crippen molar-refractivity contribution >= 4 is 17.6 Å². The third kappa shape index (κ3) is 5.18. The largest absolute Gasteiger partial charge is 0.352 e. The van der Waals surface area contributed by atoms with Crippen molar-refractivity contribution in [1.82, 2.24) is 15.1 Å². The number of aromatic nitrogens is 2. The second-order valence-electron chi connectivity index (χ2n) is 7.64. The number of benzene rings is 1. The zero-order valence-electron chi connectivity index (χ0n) is 16.2. The highest BCUT2D eigenvalue weighted by molar-refractivity contribution is 5.95. The summed E-state index contributed by atoms with van der Waals surface area (Å²) in [6, 6.07) is 9.49. The van der Waals surface area contributed by atoms with Crippen LogP contribution in [0.4, 0.5) is 5.82 Å². The Bertz CT molecular complexity index is 755. The first-order chi connectivity index (χ1) is 12.2. The summed E-state index contributed by atoms with van der Waals surface area (Å²) in [4.78, 5) is 24.2. The van der Waals surface area contributed by atoms with Gasteiger partial charge in [-0.25, -0.2) is 4.68 Å². The first-order valence-corrected chi connectivity index (χ1v) is 8.90. The van der Waals surface area contributed by atoms with Crippen LogP contribution in [0.5, 0.6) is 0 Å². The highest BCUT2D eigenvalue weighted by Crippen LogP contribution is 2.22. The molecule has 0 aliphatic rings. The van der Waals surface area contributed by atoms with Gasteiger partial charge in [0.15, 0.2) is 0 Å². The molecule has 0 fully saturated rings. The minimum atomic E-state index is -0.175. The molecular weight excluding hydrogens is 328 g/mol. The molecule has 0 unspecified atom stereocenters. The molecule has 0 radical (unpaired) electrons. The molecule has 2 aromatic rings. The molecule has 2 rings (SSSR count). The van der Waals surface area contributed by atoms with Crippen LogP contribution in [-0.2, 0) is 10.2 Å². The Balaban J connectivity index is 1.82. The number of carbonyl (C=O) groups is 2. The van der Waals surface area contributed by atoms with Crippen LogP contribution >= 0.6 is 0 Å². The maximum absolute atomic E-state index is 12.2. The van der Waals surface area contributed by atoms with Crippen LogP contribution in [0.3, 0.4) is 0 Å². The van der Waals surface area contributed by atoms with E-state index in [1.54, 1.807) is 16.9 Å². The number of carbonyl (C=O) groups excluding carboxylic acids is 2. The van der Waals surface area contributed by atoms with Crippen LogP contribution in [0.15, 0.2) is 36.5 Å². The minimum Gasteiger partial charge on any atom is -0.352 e. The maximum Gasteiger partial charge on any atom is 0.251 e. The van der Waals surface area contributed by atoms with E-state index in [9.17, 15) is 9.59 Å². The van der Waals surface area contributed by atoms with Gasteiger partial charge in [0.1, 0.15) is 5.82 Å². The lowest BCUT2D eigenvalue weighted by Crippen LogP contribution is -2.28. The normalized spacial score (nSPS) is 11.5. The first-order valence-electron chi connectivity index (χ1n) is 8.90. The standard InChI is InChI=1S/C20H28N4O2/c1-14(2)24-17(10-13-22-24)23-18(25)11-12-21-19(26)15-6-8-16(9-7-15)20(3,4)5/h6-10,13-14H,11-12H2,1-5H3,(H,21,26)(H,23,25). The minimum absolute atomic E-state index is 0.0512. The number of nitrogens with one attached hydrogen (secondary N) is 2. The van der Waals surface area contributed by atoms with Crippen LogP contribution in [0, 0.1) is 0 Å². The predicted molar refractivity (Wildman–Crippen MR) is 103 cm³/mol. The molecule has 6 nitrogen and oxygen atoms in total. The Labute approximate surface area is 155 Å². The molecule has 1 aromatic heterocycles. The molecule has 140 valence electrons. The molecule has 0 saturated heterocycles. The fourth-order valence-electron chi connectivity index (χ4n) is 2.54. The molecule has 2 N–H and O–H groups in total. The van der Waals surface area contributed by atoms with E-state index in [-0.39, 0.29) is 36.2 Å². The molecule has 0 atom stereocenters. The Hall–Kier alpha value is -2.63. The third-order valence-corrected chi connectivity index (χ3v) is 4.08. The Morgan fingerprint density at radius 1 is 1.12 bits per heavy atom. The average molecular weight is 356 g/mol. The van der Waals surface area contributed by atoms with Crippen molar-refractivity contribution in [2.24, 2.45) is 0 Å². The van der Waals surface area contributed by atoms with Crippen molar-refractivity contribution in [3.05, 3.63) is 47.7 Å². The number of anilines is 1. The van der Waals surface area contributed by atoms with Gasteiger partial charge in [0.2, 0.25) is 5.91 Å². The van der Waals surface area contributed by atoms with Gasteiger partial charge in [0.25, 0.3) is 5.91 Å². The van der Waals surface area contributed by atoms with Gasteiger partial charge in [-0.3, -0.25) is 9.59 Å². The summed E-state index contributed by atoms with van der Waals surface area (Å²) in [5, 5.41) is 9.78. The van der Waals surface area contributed by atoms with E-state index in [0.717, 1.165) is 0 Å². The van der Waals surface area contributed by atoms with E-state index in [0.29, 0.717) is 11.4 Å². The fourth-order valence-corrected chi connectivity index (χ4v) is 2.54. The number of hydrogen-bond acceptors (Lipinski definition) is 3. The van der Waals surface area contributed by atoms with E-state index in [2.05, 4.69) is 36.5 Å². The monoisotopic (exact) mass is 356 g/mol. The molecule has 0 bridgehead atoms. The van der Waals surface area contributed by atoms with Gasteiger partial charge >= 0.3 is 0 Å². The summed E-state index contributed by atoms with van der Waals surface area (Å²) in [5.41, 5.74) is 1.82. The molecule has 0 spiro atoms. The zero-order chi connectivity index (χ0) is 19.3. The molecule has 6 heteroatoms. The first kappa shape index (κ1) is 19.7. The number of hydrogen-bond donors (Lipinski definition) is 2. The van der Waals surface area contributed by atoms with E-state index in [1.165, 1.54) is 5.56 Å². The van der Waals surface area contributed by atoms with Crippen LogP contribution in [-0.4, -0.2) is 28.1 Å². The summed E-state index contributed by atoms with van der Waals surface area (Å²) in [6.45, 7) is 10.7. The van der Waals surface area contributed by atoms with Gasteiger partial charge in [-0.05, 0) is 37.0 Å². The van der Waals surface area contributed by atoms with E-state index < -0.39 is 0 Å². The Morgan fingerprint density at radius 3 is 2.35 bits per heavy atom. The number of rotatable bonds is 6. The number of nitrogens with zero attached hydrogens (tertiary/aromatic N) is 2. The lowest BCUT2D eigenvalue weighted by molar-refractivity contribution is -0.116. The van der Waals surface area contributed by atoms with E-state index in [4.69, 9.17) is 0 Å². The highest BCUT2D eigenvalue weighted by Gasteiger charge is 2.14. The topological polar surface area (TPSA) is 76.0 Å². The third-order valence-electron chi connectivity index (χ3n) is 4.08. The van der Waals surface area contributed by atoms with Gasteiger partial charge in [0, 0.05) is 30.6 Å². The molecule has 1 aromatic carbocycles. The lowest BCUT2D eigenvalue weighted by Gasteiger charge is -2.19. The van der Waals surface area contributed by atoms with Gasteiger partial charge < -0.3 is 10.6 Å². The molecule has 0 aliphatic heterocycles. The SMILES string of the molecule is CC(C)n1nccc1NC(=O)CCNC(=O)c1ccc(C(C)(C)C)cc1. The Kier molecular flexibility index (Phi) is 6.18. The van der Waals surface area contributed by atoms with Crippen molar-refractivity contribution in [3.8, 4) is 0 Å². The molecular formula is C20H28N4O2. The van der Waals surface area contributed by atoms with Crippen molar-refractivity contribution in [2.75, 3.05) is 11.9 Å². The second-order valence-corrected chi connectivity index (χ2v) is 7.64. The van der Waals surface area contributed by atoms with Gasteiger partial charge in [-0.2, -0.15) is 5.10 Å². The van der Waals surface area contributed by atoms with Crippen LogP contribution in [0.2, 0.25) is 0 Å². The molecule has 0 saturated carbocycles. The molecule has 26 heavy (non-hydrogen) atoms. The predicted octanol–water partition coefficient (Wildman–Crippen LogP) is 3.52. The van der Waals surface area contributed by atoms with Crippen molar-refractivity contribution < 1.29 is 9.59 Å². The highest BCUT2D eigenvalue weighted by atomic mass is 16.2. The molecule has 1 heterocycles. The summed E-state index contributed by atoms with van der Waals surface area (Å²) in [7, 11) is 0. The molecule has 2 amide bonds. The summed E-state index contributed by atoms with van der Waals surface area (Å²) in [5.74, 6) is 0.329. The summed E-state index contributed by atoms with van der Waals surface area (Å²) >= 11 is 0. The van der Waals surface area contributed by atoms with Crippen molar-refractivity contribution in [3.63, 3.8) is 0 Å². The van der Waals surface area contributed by atoms with Crippen molar-refractivity contribution in [2.45, 2.75) is 52.5 Å². The lowest BCUT2D eigenvalue weighted by atomic mass is 9.87. The van der Waals surface area contributed by atoms with Crippen molar-refractivity contribution in [1.29, 1.82) is 0 Å². The van der Waals surface area contributed by atoms with Crippen LogP contribution in [0.25, 0.3) is 0 Å². The Morgan fingerprint density at radius 2 is 1.77 bits per heavy atom. The quantitative estimate of drug-likeness (QED) is 0.831. The zero-order valence-corrected chi connectivity index (χ0v) is 16.2. The van der Waals surface area contributed by atoms with Gasteiger partial charge in [-0.15, -0.1) is 0 Å². The second kappa shape index (κ2) is 8.17. The van der Waals surface area contributed by atoms with Crippen LogP contribution < -0.4 is 10.6 Å². The molecule has 0 aliphatic carbocycles. The fraction of sp³-hybridized carbons (Fsp3) is 0.450. The van der Waals surface area contributed by atoms with Gasteiger partial charge in [-0.1, -0.05) is 32.9 Å². The van der Waals surface area contributed by atoms with Gasteiger partial charge in [0.05, 0.1) is 6.20 Å². The van der Waals surface area contributed by atoms with E-state index in [1.807, 2.05) is 38.1 Å². The smallest absolute Gasteiger partial charge is 0.251 e. The maximum atomic E-state index is 12.2. The summed E-state index contributed by atoms with van der Waals surface area (Å²) < 4.78 is 1.74. The van der Waals surface area contributed by atoms with Crippen LogP contribution in [0.1, 0.15) is 63.0 Å². The number of amides is 2. The van der Waals surface area contributed by atoms with E-state index >= 15 is 0 Å². The average Bonchev–Trinajstić information content (AvgIpc) is 3.02. The summed E-state index contributed by atoms with van der Waals surface area (Å²) in [6.07, 6.45) is 1.85.